The van der Waals surface area contributed by atoms with Gasteiger partial charge < -0.3 is 10.8 Å². The highest BCUT2D eigenvalue weighted by atomic mass is 19.3. The van der Waals surface area contributed by atoms with Crippen LogP contribution < -0.4 is 5.73 Å². The Hall–Kier alpha value is -1.16. The molecule has 2 nitrogen and oxygen atoms in total. The second-order valence-corrected chi connectivity index (χ2v) is 5.74. The zero-order valence-electron chi connectivity index (χ0n) is 11.3. The summed E-state index contributed by atoms with van der Waals surface area (Å²) in [6, 6.07) is 3.14. The third-order valence-corrected chi connectivity index (χ3v) is 2.79. The van der Waals surface area contributed by atoms with Crippen molar-refractivity contribution in [3.05, 3.63) is 28.8 Å². The highest BCUT2D eigenvalue weighted by Gasteiger charge is 2.21. The molecule has 102 valence electrons. The summed E-state index contributed by atoms with van der Waals surface area (Å²) in [5.74, 6) is -0.198. The van der Waals surface area contributed by atoms with E-state index in [-0.39, 0.29) is 17.2 Å². The van der Waals surface area contributed by atoms with Gasteiger partial charge in [-0.1, -0.05) is 19.9 Å². The molecular weight excluding hydrogens is 236 g/mol. The van der Waals surface area contributed by atoms with Crippen LogP contribution in [0.4, 0.5) is 8.78 Å². The topological polar surface area (TPSA) is 46.2 Å². The molecule has 1 aromatic carbocycles. The maximum absolute atomic E-state index is 12.9. The van der Waals surface area contributed by atoms with Gasteiger partial charge in [0.1, 0.15) is 5.75 Å². The first-order valence-corrected chi connectivity index (χ1v) is 6.04. The first-order chi connectivity index (χ1) is 8.11. The lowest BCUT2D eigenvalue weighted by Crippen LogP contribution is -2.34. The Bertz CT molecular complexity index is 423. The molecule has 18 heavy (non-hydrogen) atoms. The smallest absolute Gasteiger partial charge is 0.267 e. The van der Waals surface area contributed by atoms with E-state index in [0.717, 1.165) is 5.56 Å². The molecule has 3 N–H and O–H groups in total. The lowest BCUT2D eigenvalue weighted by Gasteiger charge is -2.21. The SMILES string of the molecule is CC(C)c1cc(CC(C)(C)N)c(O)c(C(F)F)c1. The van der Waals surface area contributed by atoms with E-state index in [1.807, 2.05) is 13.8 Å². The molecule has 0 fully saturated rings. The maximum Gasteiger partial charge on any atom is 0.267 e. The van der Waals surface area contributed by atoms with Crippen molar-refractivity contribution in [2.45, 2.75) is 52.0 Å². The van der Waals surface area contributed by atoms with Crippen molar-refractivity contribution >= 4 is 0 Å². The van der Waals surface area contributed by atoms with Crippen LogP contribution >= 0.6 is 0 Å². The predicted octanol–water partition coefficient (Wildman–Crippen LogP) is 3.73. The van der Waals surface area contributed by atoms with Crippen molar-refractivity contribution in [1.82, 2.24) is 0 Å². The van der Waals surface area contributed by atoms with E-state index in [0.29, 0.717) is 12.0 Å². The van der Waals surface area contributed by atoms with Crippen LogP contribution in [0.5, 0.6) is 5.75 Å². The number of alkyl halides is 2. The van der Waals surface area contributed by atoms with Crippen LogP contribution in [-0.2, 0) is 6.42 Å². The molecule has 0 aliphatic rings. The second-order valence-electron chi connectivity index (χ2n) is 5.74. The van der Waals surface area contributed by atoms with Gasteiger partial charge in [-0.05, 0) is 43.4 Å². The van der Waals surface area contributed by atoms with E-state index in [2.05, 4.69) is 0 Å². The molecule has 0 radical (unpaired) electrons. The zero-order valence-corrected chi connectivity index (χ0v) is 11.3. The largest absolute Gasteiger partial charge is 0.507 e. The minimum absolute atomic E-state index is 0.128. The second kappa shape index (κ2) is 5.22. The highest BCUT2D eigenvalue weighted by Crippen LogP contribution is 2.35. The van der Waals surface area contributed by atoms with E-state index in [1.165, 1.54) is 6.07 Å². The van der Waals surface area contributed by atoms with E-state index in [9.17, 15) is 13.9 Å². The minimum atomic E-state index is -2.68. The molecule has 1 rings (SSSR count). The third kappa shape index (κ3) is 3.67. The quantitative estimate of drug-likeness (QED) is 0.863. The fraction of sp³-hybridized carbons (Fsp3) is 0.571. The van der Waals surface area contributed by atoms with Gasteiger partial charge >= 0.3 is 0 Å². The molecular formula is C14H21F2NO. The Kier molecular flexibility index (Phi) is 4.32. The van der Waals surface area contributed by atoms with Gasteiger partial charge in [-0.25, -0.2) is 8.78 Å². The minimum Gasteiger partial charge on any atom is -0.507 e. The molecule has 0 bridgehead atoms. The average molecular weight is 257 g/mol. The molecule has 0 heterocycles. The van der Waals surface area contributed by atoms with Crippen LogP contribution in [0, 0.1) is 0 Å². The monoisotopic (exact) mass is 257 g/mol. The molecule has 0 unspecified atom stereocenters. The number of hydrogen-bond donors (Lipinski definition) is 2. The molecule has 0 saturated heterocycles. The Balaban J connectivity index is 3.31. The Labute approximate surface area is 107 Å². The number of phenolic OH excluding ortho intramolecular Hbond substituents is 1. The van der Waals surface area contributed by atoms with Gasteiger partial charge in [0.05, 0.1) is 5.56 Å². The van der Waals surface area contributed by atoms with Gasteiger partial charge in [0.25, 0.3) is 6.43 Å². The summed E-state index contributed by atoms with van der Waals surface area (Å²) in [5.41, 5.74) is 6.32. The molecule has 1 aromatic rings. The number of halogens is 2. The summed E-state index contributed by atoms with van der Waals surface area (Å²) in [6.45, 7) is 7.46. The van der Waals surface area contributed by atoms with Crippen molar-refractivity contribution < 1.29 is 13.9 Å². The molecule has 0 aliphatic heterocycles. The predicted molar refractivity (Wildman–Crippen MR) is 69.1 cm³/mol. The van der Waals surface area contributed by atoms with Crippen molar-refractivity contribution in [3.63, 3.8) is 0 Å². The Morgan fingerprint density at radius 3 is 2.22 bits per heavy atom. The third-order valence-electron chi connectivity index (χ3n) is 2.79. The van der Waals surface area contributed by atoms with Crippen LogP contribution in [0.2, 0.25) is 0 Å². The van der Waals surface area contributed by atoms with Crippen LogP contribution in [0.1, 0.15) is 56.7 Å². The number of nitrogens with two attached hydrogens (primary N) is 1. The number of benzene rings is 1. The maximum atomic E-state index is 12.9. The van der Waals surface area contributed by atoms with Gasteiger partial charge in [0.2, 0.25) is 0 Å². The molecule has 0 spiro atoms. The normalized spacial score (nSPS) is 12.5. The van der Waals surface area contributed by atoms with E-state index in [1.54, 1.807) is 19.9 Å². The van der Waals surface area contributed by atoms with Gasteiger partial charge in [-0.2, -0.15) is 0 Å². The molecule has 0 amide bonds. The molecule has 0 aliphatic carbocycles. The van der Waals surface area contributed by atoms with Crippen LogP contribution in [0.25, 0.3) is 0 Å². The summed E-state index contributed by atoms with van der Waals surface area (Å²) in [7, 11) is 0. The van der Waals surface area contributed by atoms with Crippen molar-refractivity contribution in [3.8, 4) is 5.75 Å². The average Bonchev–Trinajstić information content (AvgIpc) is 2.18. The first-order valence-electron chi connectivity index (χ1n) is 6.04. The number of aromatic hydroxyl groups is 1. The lowest BCUT2D eigenvalue weighted by molar-refractivity contribution is 0.147. The van der Waals surface area contributed by atoms with Crippen LogP contribution in [-0.4, -0.2) is 10.6 Å². The van der Waals surface area contributed by atoms with E-state index < -0.39 is 12.0 Å². The lowest BCUT2D eigenvalue weighted by atomic mass is 9.90. The number of phenols is 1. The summed E-state index contributed by atoms with van der Waals surface area (Å²) < 4.78 is 25.8. The molecule has 0 aromatic heterocycles. The highest BCUT2D eigenvalue weighted by molar-refractivity contribution is 5.46. The van der Waals surface area contributed by atoms with Gasteiger partial charge in [-0.15, -0.1) is 0 Å². The molecule has 0 saturated carbocycles. The van der Waals surface area contributed by atoms with Crippen molar-refractivity contribution in [1.29, 1.82) is 0 Å². The van der Waals surface area contributed by atoms with E-state index in [4.69, 9.17) is 5.73 Å². The summed E-state index contributed by atoms with van der Waals surface area (Å²) in [6.07, 6.45) is -2.32. The first kappa shape index (κ1) is 14.9. The van der Waals surface area contributed by atoms with Gasteiger partial charge in [-0.3, -0.25) is 0 Å². The Morgan fingerprint density at radius 1 is 1.28 bits per heavy atom. The van der Waals surface area contributed by atoms with Crippen molar-refractivity contribution in [2.24, 2.45) is 5.73 Å². The Morgan fingerprint density at radius 2 is 1.83 bits per heavy atom. The van der Waals surface area contributed by atoms with Crippen LogP contribution in [0.3, 0.4) is 0 Å². The summed E-state index contributed by atoms with van der Waals surface area (Å²) in [4.78, 5) is 0. The zero-order chi connectivity index (χ0) is 14.1. The standard InChI is InChI=1S/C14H21F2NO/c1-8(2)9-5-10(7-14(3,4)17)12(18)11(6-9)13(15)16/h5-6,8,13,18H,7,17H2,1-4H3. The van der Waals surface area contributed by atoms with Crippen LogP contribution in [0.15, 0.2) is 12.1 Å². The van der Waals surface area contributed by atoms with Gasteiger partial charge in [0, 0.05) is 5.54 Å². The van der Waals surface area contributed by atoms with Crippen molar-refractivity contribution in [2.75, 3.05) is 0 Å². The summed E-state index contributed by atoms with van der Waals surface area (Å²) >= 11 is 0. The molecule has 4 heteroatoms. The fourth-order valence-electron chi connectivity index (χ4n) is 1.87. The van der Waals surface area contributed by atoms with Gasteiger partial charge in [0.15, 0.2) is 0 Å². The van der Waals surface area contributed by atoms with E-state index >= 15 is 0 Å². The fourth-order valence-corrected chi connectivity index (χ4v) is 1.87. The summed E-state index contributed by atoms with van der Waals surface area (Å²) in [5, 5.41) is 9.89. The number of rotatable bonds is 4. The number of hydrogen-bond acceptors (Lipinski definition) is 2. The molecule has 0 atom stereocenters.